The molecule has 13 heteroatoms. The van der Waals surface area contributed by atoms with Crippen molar-refractivity contribution in [2.45, 2.75) is 548 Å². The van der Waals surface area contributed by atoms with E-state index in [9.17, 15) is 49.5 Å². The van der Waals surface area contributed by atoms with E-state index in [-0.39, 0.29) is 72.3 Å². The number of rotatable bonds is 80. The topological polar surface area (TPSA) is 231 Å². The van der Waals surface area contributed by atoms with Crippen LogP contribution in [0.5, 0.6) is 0 Å². The fraction of sp³-hybridized carbons (Fsp3) is 0.944. The number of aliphatic carboxylic acids is 5. The number of carboxylic acid groups (broad SMARTS) is 5. The first-order valence-corrected chi connectivity index (χ1v) is 44.8. The summed E-state index contributed by atoms with van der Waals surface area (Å²) in [5.41, 5.74) is 0. The molecule has 0 bridgehead atoms. The van der Waals surface area contributed by atoms with Gasteiger partial charge in [0.25, 0.3) is 0 Å². The molecule has 0 spiro atoms. The molecule has 0 unspecified atom stereocenters. The minimum atomic E-state index is -0.903. The number of hydrogen-bond acceptors (Lipinski definition) is 11. The van der Waals surface area contributed by atoms with E-state index >= 15 is 0 Å². The molecule has 0 amide bonds. The minimum Gasteiger partial charge on any atom is -0.870 e. The second-order valence-electron chi connectivity index (χ2n) is 30.4. The average Bonchev–Trinajstić information content (AvgIpc) is 3.77. The number of carboxylic acids is 5. The maximum atomic E-state index is 10.2. The Morgan fingerprint density at radius 3 is 0.252 bits per heavy atom. The van der Waals surface area contributed by atoms with Gasteiger partial charge in [0.05, 0.1) is 0 Å². The van der Waals surface area contributed by atoms with Crippen LogP contribution in [0.4, 0.5) is 0 Å². The van der Waals surface area contributed by atoms with Gasteiger partial charge >= 0.3 is 34.7 Å². The molecule has 0 heterocycles. The van der Waals surface area contributed by atoms with E-state index in [2.05, 4.69) is 34.6 Å². The third kappa shape index (κ3) is 140. The van der Waals surface area contributed by atoms with Gasteiger partial charge in [-0.15, -0.1) is 0 Å². The smallest absolute Gasteiger partial charge is 0.870 e. The summed E-state index contributed by atoms with van der Waals surface area (Å²) in [5, 5.41) is 51.1. The average molecular weight is 1490 g/mol. The molecule has 0 aliphatic heterocycles. The molecule has 0 aromatic rings. The van der Waals surface area contributed by atoms with Crippen LogP contribution in [-0.4, -0.2) is 70.0 Å². The zero-order valence-electron chi connectivity index (χ0n) is 69.8. The first-order chi connectivity index (χ1) is 48.9. The van der Waals surface area contributed by atoms with Crippen molar-refractivity contribution in [2.24, 2.45) is 0 Å². The van der Waals surface area contributed by atoms with Crippen LogP contribution >= 0.6 is 0 Å². The summed E-state index contributed by atoms with van der Waals surface area (Å²) >= 11 is 0. The van der Waals surface area contributed by atoms with Gasteiger partial charge in [0.1, 0.15) is 0 Å². The standard InChI is InChI=1S/5C18H36O2.2Al.H2O/c5*1-2-3-4-5-6-7-8-9-10-11-12-13-14-15-16-17-18(19)20;;;/h5*2-17H2,1H3,(H,19,20);;;1H2/q;;;;;2*+3;/p-6. The molecule has 11 nitrogen and oxygen atoms in total. The molecular formula is C90H176Al2O11. The Bertz CT molecular complexity index is 1280. The minimum absolute atomic E-state index is 0. The Balaban J connectivity index is -0.000000181. The summed E-state index contributed by atoms with van der Waals surface area (Å²) in [7, 11) is 0. The first kappa shape index (κ1) is 117. The van der Waals surface area contributed by atoms with Gasteiger partial charge < -0.3 is 55.0 Å². The fourth-order valence-electron chi connectivity index (χ4n) is 13.2. The van der Waals surface area contributed by atoms with Crippen molar-refractivity contribution in [3.63, 3.8) is 0 Å². The zero-order chi connectivity index (χ0) is 74.5. The van der Waals surface area contributed by atoms with Crippen molar-refractivity contribution >= 4 is 64.6 Å². The summed E-state index contributed by atoms with van der Waals surface area (Å²) in [5.74, 6) is -4.52. The molecular weight excluding hydrogens is 1310 g/mol. The molecule has 0 saturated heterocycles. The monoisotopic (exact) mass is 1490 g/mol. The van der Waals surface area contributed by atoms with Gasteiger partial charge in [0, 0.05) is 29.8 Å². The molecule has 0 saturated carbocycles. The molecule has 0 aliphatic carbocycles. The van der Waals surface area contributed by atoms with Gasteiger partial charge in [-0.2, -0.15) is 0 Å². The maximum absolute atomic E-state index is 10.2. The SMILES string of the molecule is CCCCCCCCCCCCCCCCCC(=O)[O-].CCCCCCCCCCCCCCCCCC(=O)[O-].CCCCCCCCCCCCCCCCCC(=O)[O-].CCCCCCCCCCCCCCCCCC(=O)[O-].CCCCCCCCCCCCCCCCCC(=O)[O-].[Al+3].[Al+3].[OH-]. The Morgan fingerprint density at radius 1 is 0.136 bits per heavy atom. The molecule has 0 fully saturated rings. The fourth-order valence-corrected chi connectivity index (χ4v) is 13.2. The number of carbonyl (C=O) groups excluding carboxylic acids is 5. The summed E-state index contributed by atoms with van der Waals surface area (Å²) in [4.78, 5) is 51.1. The Hall–Kier alpha value is -1.63. The quantitative estimate of drug-likeness (QED) is 0.0410. The van der Waals surface area contributed by atoms with Crippen LogP contribution in [0.3, 0.4) is 0 Å². The van der Waals surface area contributed by atoms with Crippen LogP contribution in [0.25, 0.3) is 0 Å². The van der Waals surface area contributed by atoms with E-state index in [0.29, 0.717) is 0 Å². The van der Waals surface area contributed by atoms with Gasteiger partial charge in [-0.1, -0.05) is 484 Å². The van der Waals surface area contributed by atoms with Gasteiger partial charge in [-0.3, -0.25) is 0 Å². The van der Waals surface area contributed by atoms with E-state index < -0.39 is 29.8 Å². The summed E-state index contributed by atoms with van der Waals surface area (Å²) in [6, 6.07) is 0. The van der Waals surface area contributed by atoms with Crippen LogP contribution in [0.15, 0.2) is 0 Å². The van der Waals surface area contributed by atoms with E-state index in [1.165, 1.54) is 417 Å². The summed E-state index contributed by atoms with van der Waals surface area (Å²) in [6.07, 6.45) is 99.3. The Kier molecular flexibility index (Phi) is 129. The number of hydrogen-bond donors (Lipinski definition) is 0. The largest absolute Gasteiger partial charge is 3.00 e. The van der Waals surface area contributed by atoms with E-state index in [4.69, 9.17) is 0 Å². The van der Waals surface area contributed by atoms with Gasteiger partial charge in [0.2, 0.25) is 0 Å². The predicted octanol–water partition coefficient (Wildman–Crippen LogP) is 24.1. The maximum Gasteiger partial charge on any atom is 3.00 e. The van der Waals surface area contributed by atoms with Crippen LogP contribution in [0.1, 0.15) is 548 Å². The summed E-state index contributed by atoms with van der Waals surface area (Å²) < 4.78 is 0. The van der Waals surface area contributed by atoms with Crippen molar-refractivity contribution < 1.29 is 55.0 Å². The normalized spacial score (nSPS) is 10.5. The van der Waals surface area contributed by atoms with Gasteiger partial charge in [0.15, 0.2) is 0 Å². The van der Waals surface area contributed by atoms with Gasteiger partial charge in [-0.25, -0.2) is 0 Å². The molecule has 103 heavy (non-hydrogen) atoms. The van der Waals surface area contributed by atoms with Crippen molar-refractivity contribution in [2.75, 3.05) is 0 Å². The first-order valence-electron chi connectivity index (χ1n) is 44.8. The third-order valence-corrected chi connectivity index (χ3v) is 19.9. The van der Waals surface area contributed by atoms with Crippen molar-refractivity contribution in [3.05, 3.63) is 0 Å². The molecule has 0 aliphatic rings. The molecule has 0 atom stereocenters. The van der Waals surface area contributed by atoms with Crippen LogP contribution in [0.2, 0.25) is 0 Å². The second-order valence-corrected chi connectivity index (χ2v) is 30.4. The van der Waals surface area contributed by atoms with E-state index in [1.807, 2.05) is 0 Å². The molecule has 608 valence electrons. The molecule has 0 aromatic heterocycles. The van der Waals surface area contributed by atoms with Crippen LogP contribution in [0, 0.1) is 0 Å². The van der Waals surface area contributed by atoms with Crippen molar-refractivity contribution in [3.8, 4) is 0 Å². The van der Waals surface area contributed by atoms with E-state index in [1.54, 1.807) is 0 Å². The van der Waals surface area contributed by atoms with Gasteiger partial charge in [-0.05, 0) is 64.2 Å². The Labute approximate surface area is 663 Å². The third-order valence-electron chi connectivity index (χ3n) is 19.9. The molecule has 0 rings (SSSR count). The Morgan fingerprint density at radius 2 is 0.194 bits per heavy atom. The van der Waals surface area contributed by atoms with E-state index in [0.717, 1.165) is 64.2 Å². The predicted molar refractivity (Wildman–Crippen MR) is 436 cm³/mol. The van der Waals surface area contributed by atoms with Crippen LogP contribution < -0.4 is 25.5 Å². The molecule has 0 aromatic carbocycles. The zero-order valence-corrected chi connectivity index (χ0v) is 72.1. The molecule has 0 radical (unpaired) electrons. The van der Waals surface area contributed by atoms with Crippen molar-refractivity contribution in [1.82, 2.24) is 0 Å². The summed E-state index contributed by atoms with van der Waals surface area (Å²) in [6.45, 7) is 11.3. The molecule has 1 N–H and O–H groups in total. The van der Waals surface area contributed by atoms with Crippen LogP contribution in [-0.2, 0) is 24.0 Å². The second kappa shape index (κ2) is 114. The van der Waals surface area contributed by atoms with Crippen molar-refractivity contribution in [1.29, 1.82) is 0 Å². The number of carbonyl (C=O) groups is 5. The number of unbranched alkanes of at least 4 members (excludes halogenated alkanes) is 70.